The van der Waals surface area contributed by atoms with Crippen molar-refractivity contribution < 1.29 is 0 Å². The highest BCUT2D eigenvalue weighted by atomic mass is 15.2. The Hall–Kier alpha value is -6.32. The number of anilines is 6. The van der Waals surface area contributed by atoms with Gasteiger partial charge < -0.3 is 9.80 Å². The van der Waals surface area contributed by atoms with Crippen LogP contribution in [0.4, 0.5) is 34.1 Å². The second kappa shape index (κ2) is 12.1. The molecular formula is C52H39BN2. The average Bonchev–Trinajstić information content (AvgIpc) is 3.26. The van der Waals surface area contributed by atoms with Gasteiger partial charge in [-0.2, -0.15) is 0 Å². The van der Waals surface area contributed by atoms with Gasteiger partial charge in [0, 0.05) is 33.5 Å². The van der Waals surface area contributed by atoms with Crippen LogP contribution in [0.3, 0.4) is 0 Å². The summed E-state index contributed by atoms with van der Waals surface area (Å²) >= 11 is 0. The Morgan fingerprint density at radius 2 is 0.782 bits per heavy atom. The topological polar surface area (TPSA) is 6.48 Å². The lowest BCUT2D eigenvalue weighted by molar-refractivity contribution is 0.444. The quantitative estimate of drug-likeness (QED) is 0.134. The fourth-order valence-electron chi connectivity index (χ4n) is 10.5. The molecule has 0 atom stereocenters. The SMILES string of the molecule is c1ccc2c(c1)B1c3ccccc3N(c3cc4ccccc4c4ccccc34)c3cc(C4CCCCC4)cc(c31)N2c1cc2ccccc2c2ccccc12. The van der Waals surface area contributed by atoms with Crippen molar-refractivity contribution in [1.82, 2.24) is 0 Å². The van der Waals surface area contributed by atoms with E-state index in [-0.39, 0.29) is 6.71 Å². The van der Waals surface area contributed by atoms with Gasteiger partial charge in [-0.15, -0.1) is 0 Å². The molecule has 0 spiro atoms. The summed E-state index contributed by atoms with van der Waals surface area (Å²) in [5.41, 5.74) is 13.2. The van der Waals surface area contributed by atoms with Crippen LogP contribution in [0.15, 0.2) is 170 Å². The zero-order valence-corrected chi connectivity index (χ0v) is 30.8. The normalized spacial score (nSPS) is 15.1. The summed E-state index contributed by atoms with van der Waals surface area (Å²) in [4.78, 5) is 5.27. The third-order valence-electron chi connectivity index (χ3n) is 13.0. The van der Waals surface area contributed by atoms with Crippen molar-refractivity contribution in [3.63, 3.8) is 0 Å². The van der Waals surface area contributed by atoms with Gasteiger partial charge in [0.05, 0.1) is 11.4 Å². The number of nitrogens with zero attached hydrogens (tertiary/aromatic N) is 2. The first kappa shape index (κ1) is 31.1. The van der Waals surface area contributed by atoms with Crippen molar-refractivity contribution in [3.05, 3.63) is 175 Å². The van der Waals surface area contributed by atoms with E-state index in [1.807, 2.05) is 0 Å². The Balaban J connectivity index is 1.22. The second-order valence-electron chi connectivity index (χ2n) is 15.9. The molecule has 1 aliphatic carbocycles. The minimum absolute atomic E-state index is 0.101. The molecule has 0 N–H and O–H groups in total. The van der Waals surface area contributed by atoms with Crippen molar-refractivity contribution in [2.75, 3.05) is 9.80 Å². The van der Waals surface area contributed by atoms with Crippen LogP contribution in [-0.2, 0) is 0 Å². The van der Waals surface area contributed by atoms with Gasteiger partial charge in [-0.05, 0) is 109 Å². The third kappa shape index (κ3) is 4.56. The van der Waals surface area contributed by atoms with E-state index in [9.17, 15) is 0 Å². The van der Waals surface area contributed by atoms with E-state index in [4.69, 9.17) is 0 Å². The van der Waals surface area contributed by atoms with Crippen molar-refractivity contribution in [1.29, 1.82) is 0 Å². The highest BCUT2D eigenvalue weighted by molar-refractivity contribution is 7.00. The number of rotatable bonds is 3. The molecule has 2 aliphatic heterocycles. The van der Waals surface area contributed by atoms with Gasteiger partial charge in [-0.1, -0.05) is 153 Å². The Morgan fingerprint density at radius 3 is 1.29 bits per heavy atom. The lowest BCUT2D eigenvalue weighted by Crippen LogP contribution is -2.61. The Bertz CT molecular complexity index is 2820. The van der Waals surface area contributed by atoms with Crippen molar-refractivity contribution in [2.45, 2.75) is 38.0 Å². The Kier molecular flexibility index (Phi) is 6.84. The molecule has 12 rings (SSSR count). The Morgan fingerprint density at radius 1 is 0.364 bits per heavy atom. The molecule has 0 bridgehead atoms. The molecule has 3 aliphatic rings. The number of benzene rings is 9. The molecule has 1 fully saturated rings. The van der Waals surface area contributed by atoms with Gasteiger partial charge in [0.25, 0.3) is 6.71 Å². The van der Waals surface area contributed by atoms with Gasteiger partial charge >= 0.3 is 0 Å². The zero-order chi connectivity index (χ0) is 36.0. The maximum absolute atomic E-state index is 2.64. The highest BCUT2D eigenvalue weighted by Gasteiger charge is 2.44. The molecule has 260 valence electrons. The van der Waals surface area contributed by atoms with E-state index in [0.29, 0.717) is 5.92 Å². The van der Waals surface area contributed by atoms with E-state index in [1.54, 1.807) is 0 Å². The molecule has 0 amide bonds. The molecule has 0 saturated heterocycles. The van der Waals surface area contributed by atoms with E-state index in [1.165, 1.54) is 131 Å². The molecule has 3 heteroatoms. The summed E-state index contributed by atoms with van der Waals surface area (Å²) in [6, 6.07) is 64.4. The lowest BCUT2D eigenvalue weighted by atomic mass is 9.33. The number of para-hydroxylation sites is 2. The molecule has 0 aromatic heterocycles. The largest absolute Gasteiger partial charge is 0.311 e. The van der Waals surface area contributed by atoms with E-state index in [2.05, 4.69) is 180 Å². The smallest absolute Gasteiger partial charge is 0.252 e. The predicted molar refractivity (Wildman–Crippen MR) is 236 cm³/mol. The number of hydrogen-bond donors (Lipinski definition) is 0. The fourth-order valence-corrected chi connectivity index (χ4v) is 10.5. The fraction of sp³-hybridized carbons (Fsp3) is 0.115. The van der Waals surface area contributed by atoms with E-state index in [0.717, 1.165) is 0 Å². The van der Waals surface area contributed by atoms with Gasteiger partial charge in [-0.3, -0.25) is 0 Å². The standard InChI is InChI=1S/C52H39BN2/c1-2-16-34(17-3-1)37-32-50-52-51(33-37)55(49-31-36-19-5-7-21-39(36)41-23-9-11-25-43(41)49)47-29-15-13-27-45(47)53(52)44-26-12-14-28-46(44)54(50)48-30-35-18-4-6-20-38(35)40-22-8-10-24-42(40)48/h4-15,18-34H,1-3,16-17H2. The molecule has 55 heavy (non-hydrogen) atoms. The monoisotopic (exact) mass is 702 g/mol. The minimum atomic E-state index is 0.101. The molecular weight excluding hydrogens is 663 g/mol. The first-order valence-corrected chi connectivity index (χ1v) is 20.1. The number of hydrogen-bond acceptors (Lipinski definition) is 2. The van der Waals surface area contributed by atoms with Gasteiger partial charge in [-0.25, -0.2) is 0 Å². The van der Waals surface area contributed by atoms with Crippen LogP contribution >= 0.6 is 0 Å². The highest BCUT2D eigenvalue weighted by Crippen LogP contribution is 2.50. The average molecular weight is 703 g/mol. The Labute approximate surface area is 322 Å². The minimum Gasteiger partial charge on any atom is -0.311 e. The van der Waals surface area contributed by atoms with Crippen LogP contribution in [0.2, 0.25) is 0 Å². The van der Waals surface area contributed by atoms with Crippen molar-refractivity contribution in [2.24, 2.45) is 0 Å². The second-order valence-corrected chi connectivity index (χ2v) is 15.9. The third-order valence-corrected chi connectivity index (χ3v) is 13.0. The molecule has 0 unspecified atom stereocenters. The van der Waals surface area contributed by atoms with Gasteiger partial charge in [0.2, 0.25) is 0 Å². The zero-order valence-electron chi connectivity index (χ0n) is 30.8. The van der Waals surface area contributed by atoms with Crippen LogP contribution in [0.5, 0.6) is 0 Å². The van der Waals surface area contributed by atoms with E-state index >= 15 is 0 Å². The van der Waals surface area contributed by atoms with Crippen molar-refractivity contribution in [3.8, 4) is 0 Å². The number of fused-ring (bicyclic) bond motifs is 10. The van der Waals surface area contributed by atoms with Crippen LogP contribution in [-0.4, -0.2) is 6.71 Å². The molecule has 9 aromatic rings. The van der Waals surface area contributed by atoms with E-state index < -0.39 is 0 Å². The molecule has 9 aromatic carbocycles. The van der Waals surface area contributed by atoms with Gasteiger partial charge in [0.1, 0.15) is 0 Å². The van der Waals surface area contributed by atoms with Gasteiger partial charge in [0.15, 0.2) is 0 Å². The van der Waals surface area contributed by atoms with Crippen LogP contribution in [0.1, 0.15) is 43.6 Å². The summed E-state index contributed by atoms with van der Waals surface area (Å²) in [5.74, 6) is 0.536. The van der Waals surface area contributed by atoms with Crippen LogP contribution in [0.25, 0.3) is 43.1 Å². The van der Waals surface area contributed by atoms with Crippen molar-refractivity contribution >= 4 is 100 Å². The summed E-state index contributed by atoms with van der Waals surface area (Å²) in [6.45, 7) is 0.101. The van der Waals surface area contributed by atoms with Crippen LogP contribution in [0, 0.1) is 0 Å². The predicted octanol–water partition coefficient (Wildman–Crippen LogP) is 12.4. The molecule has 2 heterocycles. The summed E-state index contributed by atoms with van der Waals surface area (Å²) < 4.78 is 0. The lowest BCUT2D eigenvalue weighted by Gasteiger charge is -2.45. The first-order chi connectivity index (χ1) is 27.3. The maximum Gasteiger partial charge on any atom is 0.252 e. The summed E-state index contributed by atoms with van der Waals surface area (Å²) in [7, 11) is 0. The first-order valence-electron chi connectivity index (χ1n) is 20.1. The molecule has 1 saturated carbocycles. The molecule has 2 nitrogen and oxygen atoms in total. The summed E-state index contributed by atoms with van der Waals surface area (Å²) in [6.07, 6.45) is 6.41. The summed E-state index contributed by atoms with van der Waals surface area (Å²) in [5, 5.41) is 10.3. The molecule has 0 radical (unpaired) electrons. The maximum atomic E-state index is 2.64. The van der Waals surface area contributed by atoms with Crippen LogP contribution < -0.4 is 26.2 Å².